The van der Waals surface area contributed by atoms with Crippen molar-refractivity contribution in [3.05, 3.63) is 57.7 Å². The average Bonchev–Trinajstić information content (AvgIpc) is 3.10. The number of aliphatic carboxylic acids is 1. The first-order valence-electron chi connectivity index (χ1n) is 16.5. The summed E-state index contributed by atoms with van der Waals surface area (Å²) in [5.41, 5.74) is -1.91. The Labute approximate surface area is 276 Å². The third-order valence-electron chi connectivity index (χ3n) is 11.1. The van der Waals surface area contributed by atoms with Crippen LogP contribution in [0.15, 0.2) is 41.0 Å². The SMILES string of the molecule is CC(C)=CCC[C@@]1(C)C=Cc2c(O)c3c(c(CC=C(C)C)c2O1)O[C@]12[C@@H](C3=O)[C@@H](O)[C@@H]3C[C@H]1C(C)(C)O[C@]2(C/C=C(\C)C(=O)O)C3=O. The number of carboxylic acids is 1. The van der Waals surface area contributed by atoms with E-state index in [0.717, 1.165) is 12.0 Å². The summed E-state index contributed by atoms with van der Waals surface area (Å²) in [5, 5.41) is 33.2. The van der Waals surface area contributed by atoms with Crippen LogP contribution in [-0.2, 0) is 20.7 Å². The fourth-order valence-electron chi connectivity index (χ4n) is 8.76. The zero-order valence-electron chi connectivity index (χ0n) is 28.5. The normalized spacial score (nSPS) is 34.1. The van der Waals surface area contributed by atoms with Gasteiger partial charge in [0.1, 0.15) is 28.4 Å². The fraction of sp³-hybridized carbons (Fsp3) is 0.553. The van der Waals surface area contributed by atoms with Crippen LogP contribution in [-0.4, -0.2) is 61.4 Å². The third kappa shape index (κ3) is 4.67. The number of aliphatic hydroxyl groups is 1. The second-order valence-corrected chi connectivity index (χ2v) is 15.2. The quantitative estimate of drug-likeness (QED) is 0.220. The van der Waals surface area contributed by atoms with Crippen molar-refractivity contribution in [3.63, 3.8) is 0 Å². The zero-order chi connectivity index (χ0) is 34.4. The zero-order valence-corrected chi connectivity index (χ0v) is 28.5. The molecule has 4 bridgehead atoms. The van der Waals surface area contributed by atoms with Gasteiger partial charge in [0.25, 0.3) is 0 Å². The highest BCUT2D eigenvalue weighted by Crippen LogP contribution is 2.70. The molecule has 3 heterocycles. The van der Waals surface area contributed by atoms with E-state index in [1.54, 1.807) is 6.08 Å². The van der Waals surface area contributed by atoms with Gasteiger partial charge in [-0.15, -0.1) is 0 Å². The van der Waals surface area contributed by atoms with E-state index in [-0.39, 0.29) is 35.5 Å². The number of carbonyl (C=O) groups excluding carboxylic acids is 2. The number of allylic oxidation sites excluding steroid dienone is 4. The molecule has 0 radical (unpaired) electrons. The van der Waals surface area contributed by atoms with Gasteiger partial charge in [-0.2, -0.15) is 0 Å². The van der Waals surface area contributed by atoms with Crippen molar-refractivity contribution < 1.29 is 43.9 Å². The Morgan fingerprint density at radius 2 is 1.68 bits per heavy atom. The van der Waals surface area contributed by atoms with Gasteiger partial charge in [0.05, 0.1) is 23.2 Å². The molecule has 9 heteroatoms. The number of aromatic hydroxyl groups is 1. The Balaban J connectivity index is 1.60. The van der Waals surface area contributed by atoms with Crippen LogP contribution in [0.5, 0.6) is 17.2 Å². The Kier molecular flexibility index (Phi) is 7.72. The average molecular weight is 647 g/mol. The molecule has 47 heavy (non-hydrogen) atoms. The van der Waals surface area contributed by atoms with E-state index in [2.05, 4.69) is 6.08 Å². The summed E-state index contributed by atoms with van der Waals surface area (Å²) < 4.78 is 20.5. The smallest absolute Gasteiger partial charge is 0.330 e. The summed E-state index contributed by atoms with van der Waals surface area (Å²) in [4.78, 5) is 41.1. The van der Waals surface area contributed by atoms with Gasteiger partial charge < -0.3 is 29.5 Å². The van der Waals surface area contributed by atoms with Crippen LogP contribution < -0.4 is 9.47 Å². The van der Waals surface area contributed by atoms with Gasteiger partial charge in [0, 0.05) is 29.4 Å². The first-order chi connectivity index (χ1) is 21.9. The lowest BCUT2D eigenvalue weighted by Crippen LogP contribution is -2.80. The summed E-state index contributed by atoms with van der Waals surface area (Å²) in [5.74, 6) is -4.44. The van der Waals surface area contributed by atoms with Crippen LogP contribution in [0.1, 0.15) is 103 Å². The second-order valence-electron chi connectivity index (χ2n) is 15.2. The number of Topliss-reactive ketones (excluding diaryl/α,β-unsaturated/α-hetero) is 2. The third-order valence-corrected chi connectivity index (χ3v) is 11.1. The highest BCUT2D eigenvalue weighted by molar-refractivity contribution is 6.10. The summed E-state index contributed by atoms with van der Waals surface area (Å²) in [7, 11) is 0. The number of benzene rings is 1. The van der Waals surface area contributed by atoms with E-state index in [4.69, 9.17) is 14.2 Å². The van der Waals surface area contributed by atoms with Crippen molar-refractivity contribution >= 4 is 23.6 Å². The summed E-state index contributed by atoms with van der Waals surface area (Å²) in [6, 6.07) is 0. The van der Waals surface area contributed by atoms with Crippen molar-refractivity contribution in [3.8, 4) is 17.2 Å². The van der Waals surface area contributed by atoms with Gasteiger partial charge >= 0.3 is 5.97 Å². The molecular formula is C38H46O9. The molecule has 0 unspecified atom stereocenters. The lowest BCUT2D eigenvalue weighted by molar-refractivity contribution is -0.220. The van der Waals surface area contributed by atoms with Crippen LogP contribution in [0.4, 0.5) is 0 Å². The first kappa shape index (κ1) is 33.2. The van der Waals surface area contributed by atoms with Gasteiger partial charge in [-0.3, -0.25) is 9.59 Å². The predicted octanol–water partition coefficient (Wildman–Crippen LogP) is 6.29. The Morgan fingerprint density at radius 1 is 1.00 bits per heavy atom. The van der Waals surface area contributed by atoms with Gasteiger partial charge in [-0.05, 0) is 93.2 Å². The number of carbonyl (C=O) groups is 3. The van der Waals surface area contributed by atoms with Crippen LogP contribution in [0.2, 0.25) is 0 Å². The van der Waals surface area contributed by atoms with Crippen LogP contribution in [0.3, 0.4) is 0 Å². The van der Waals surface area contributed by atoms with Gasteiger partial charge in [-0.25, -0.2) is 4.79 Å². The van der Waals surface area contributed by atoms with Crippen molar-refractivity contribution in [2.24, 2.45) is 17.8 Å². The lowest BCUT2D eigenvalue weighted by atomic mass is 9.45. The molecule has 3 aliphatic heterocycles. The minimum atomic E-state index is -1.74. The molecule has 9 nitrogen and oxygen atoms in total. The molecule has 3 N–H and O–H groups in total. The Morgan fingerprint density at radius 3 is 2.32 bits per heavy atom. The summed E-state index contributed by atoms with van der Waals surface area (Å²) in [6.45, 7) is 15.1. The number of phenols is 1. The van der Waals surface area contributed by atoms with Crippen molar-refractivity contribution in [2.75, 3.05) is 0 Å². The number of aliphatic hydroxyl groups excluding tert-OH is 1. The van der Waals surface area contributed by atoms with E-state index in [0.29, 0.717) is 29.7 Å². The standard InChI is InChI=1S/C38H46O9/c1-19(2)10-9-15-36(8)16-14-22-28(39)26-30(41)27-29(40)24-18-25-35(6,7)47-37(33(24)42,17-13-21(5)34(43)44)38(25,27)46-32(26)23(31(22)45-36)12-11-20(3)4/h10-11,13-14,16,24-25,27,29,39-40H,9,12,15,17-18H2,1-8H3,(H,43,44)/b21-13+/t24-,25-,27+,29-,36-,37+,38-/m0/s1. The highest BCUT2D eigenvalue weighted by Gasteiger charge is 2.85. The largest absolute Gasteiger partial charge is 0.506 e. The monoisotopic (exact) mass is 646 g/mol. The molecule has 0 aromatic heterocycles. The number of phenolic OH excluding ortho intramolecular Hbond substituents is 1. The minimum absolute atomic E-state index is 0.0260. The molecule has 1 aromatic carbocycles. The molecule has 252 valence electrons. The van der Waals surface area contributed by atoms with Crippen LogP contribution >= 0.6 is 0 Å². The minimum Gasteiger partial charge on any atom is -0.506 e. The summed E-state index contributed by atoms with van der Waals surface area (Å²) >= 11 is 0. The fourth-order valence-corrected chi connectivity index (χ4v) is 8.76. The van der Waals surface area contributed by atoms with E-state index >= 15 is 0 Å². The molecule has 7 atom stereocenters. The highest BCUT2D eigenvalue weighted by atomic mass is 16.6. The van der Waals surface area contributed by atoms with Gasteiger partial charge in [0.2, 0.25) is 0 Å². The summed E-state index contributed by atoms with van der Waals surface area (Å²) in [6.07, 6.45) is 9.79. The number of fused-ring (bicyclic) bond motifs is 2. The number of rotatable bonds is 8. The van der Waals surface area contributed by atoms with Gasteiger partial charge in [-0.1, -0.05) is 29.4 Å². The molecule has 3 aliphatic carbocycles. The number of ether oxygens (including phenoxy) is 3. The molecule has 0 amide bonds. The van der Waals surface area contributed by atoms with Crippen molar-refractivity contribution in [2.45, 2.75) is 116 Å². The predicted molar refractivity (Wildman–Crippen MR) is 176 cm³/mol. The maximum Gasteiger partial charge on any atom is 0.330 e. The number of ketones is 2. The number of hydrogen-bond acceptors (Lipinski definition) is 8. The molecule has 1 aromatic rings. The van der Waals surface area contributed by atoms with Crippen molar-refractivity contribution in [1.82, 2.24) is 0 Å². The van der Waals surface area contributed by atoms with Crippen LogP contribution in [0, 0.1) is 17.8 Å². The number of hydrogen-bond donors (Lipinski definition) is 3. The second kappa shape index (κ2) is 10.9. The van der Waals surface area contributed by atoms with Crippen molar-refractivity contribution in [1.29, 1.82) is 0 Å². The molecule has 7 rings (SSSR count). The molecule has 1 spiro atoms. The van der Waals surface area contributed by atoms with Crippen LogP contribution in [0.25, 0.3) is 6.08 Å². The topological polar surface area (TPSA) is 140 Å². The molecule has 6 aliphatic rings. The molecule has 1 saturated heterocycles. The van der Waals surface area contributed by atoms with E-state index in [1.807, 2.05) is 60.6 Å². The molecule has 4 fully saturated rings. The van der Waals surface area contributed by atoms with E-state index in [1.165, 1.54) is 18.6 Å². The Hall–Kier alpha value is -3.69. The Bertz CT molecular complexity index is 1700. The van der Waals surface area contributed by atoms with E-state index in [9.17, 15) is 29.7 Å². The lowest BCUT2D eigenvalue weighted by Gasteiger charge is -2.62. The van der Waals surface area contributed by atoms with E-state index < -0.39 is 63.8 Å². The van der Waals surface area contributed by atoms with Gasteiger partial charge in [0.15, 0.2) is 22.8 Å². The molecule has 3 saturated carbocycles. The first-order valence-corrected chi connectivity index (χ1v) is 16.5. The maximum absolute atomic E-state index is 14.8. The maximum atomic E-state index is 14.8. The number of carboxylic acid groups (broad SMARTS) is 1. The molecular weight excluding hydrogens is 600 g/mol.